The average Bonchev–Trinajstić information content (AvgIpc) is 0.581. The van der Waals surface area contributed by atoms with Crippen LogP contribution in [0.25, 0.3) is 99.4 Å². The molecule has 4 nitrogen and oxygen atoms in total. The quantitative estimate of drug-likeness (QED) is 0.0800. The van der Waals surface area contributed by atoms with Crippen LogP contribution in [0.15, 0.2) is 449 Å². The summed E-state index contributed by atoms with van der Waals surface area (Å²) in [4.78, 5) is 9.47. The largest absolute Gasteiger partial charge is 0.311 e. The molecule has 0 heterocycles. The van der Waals surface area contributed by atoms with Crippen LogP contribution in [-0.4, -0.2) is 0 Å². The lowest BCUT2D eigenvalue weighted by Crippen LogP contribution is -2.10. The summed E-state index contributed by atoms with van der Waals surface area (Å²) >= 11 is 0. The zero-order chi connectivity index (χ0) is 72.0. The first-order chi connectivity index (χ1) is 53.5. The van der Waals surface area contributed by atoms with Gasteiger partial charge >= 0.3 is 0 Å². The molecule has 4 heteroatoms. The molecule has 0 aliphatic carbocycles. The van der Waals surface area contributed by atoms with Crippen molar-refractivity contribution in [3.05, 3.63) is 449 Å². The summed E-state index contributed by atoms with van der Waals surface area (Å²) in [5, 5.41) is 4.75. The Bertz CT molecular complexity index is 5990. The van der Waals surface area contributed by atoms with Gasteiger partial charge in [0.15, 0.2) is 0 Å². The second-order valence-electron chi connectivity index (χ2n) is 27.3. The predicted octanol–water partition coefficient (Wildman–Crippen LogP) is 29.5. The zero-order valence-electron chi connectivity index (χ0n) is 59.5. The number of hydrogen-bond donors (Lipinski definition) is 0. The van der Waals surface area contributed by atoms with Gasteiger partial charge in [-0.2, -0.15) is 0 Å². The molecule has 0 radical (unpaired) electrons. The zero-order valence-corrected chi connectivity index (χ0v) is 59.5. The standard InChI is InChI=1S/C104H74N4/c1-6-22-75(23-7-1)78-40-56-93(57-41-78)105(94-58-42-79(43-59-94)76-24-8-2-9-25-76)96-62-46-81(47-63-96)82-48-64-97(65-49-82)106(95-60-44-80(45-61-95)77-26-10-3-11-27-77)98-66-54-85(55-67-98)87-31-20-32-88(72-87)90-73-89-29-17-19-38-102(89)104(74-90)108(92-35-14-5-15-36-92)100-70-52-84(53-71-100)83-50-68-99(69-51-83)107(91-33-12-4-13-34-91)103-39-21-30-86-28-16-18-37-101(86)103/h1-74H. The van der Waals surface area contributed by atoms with Crippen molar-refractivity contribution in [1.82, 2.24) is 0 Å². The van der Waals surface area contributed by atoms with Crippen LogP contribution >= 0.6 is 0 Å². The highest BCUT2D eigenvalue weighted by Crippen LogP contribution is 2.46. The summed E-state index contributed by atoms with van der Waals surface area (Å²) in [5.41, 5.74) is 29.2. The van der Waals surface area contributed by atoms with Crippen molar-refractivity contribution in [3.8, 4) is 77.9 Å². The maximum absolute atomic E-state index is 2.41. The summed E-state index contributed by atoms with van der Waals surface area (Å²) in [6.45, 7) is 0. The minimum atomic E-state index is 1.06. The summed E-state index contributed by atoms with van der Waals surface area (Å²) in [5.74, 6) is 0. The third-order valence-electron chi connectivity index (χ3n) is 20.6. The minimum Gasteiger partial charge on any atom is -0.311 e. The first kappa shape index (κ1) is 65.7. The van der Waals surface area contributed by atoms with Crippen molar-refractivity contribution in [2.24, 2.45) is 0 Å². The molecule has 0 atom stereocenters. The van der Waals surface area contributed by atoms with Gasteiger partial charge in [-0.3, -0.25) is 0 Å². The van der Waals surface area contributed by atoms with Crippen molar-refractivity contribution in [2.45, 2.75) is 0 Å². The fourth-order valence-corrected chi connectivity index (χ4v) is 15.1. The molecule has 0 aromatic heterocycles. The van der Waals surface area contributed by atoms with E-state index in [1.807, 2.05) is 0 Å². The van der Waals surface area contributed by atoms with Crippen LogP contribution < -0.4 is 19.6 Å². The molecule has 0 aliphatic rings. The molecule has 0 amide bonds. The Hall–Kier alpha value is -14.3. The monoisotopic (exact) mass is 1380 g/mol. The summed E-state index contributed by atoms with van der Waals surface area (Å²) < 4.78 is 0. The number of fused-ring (bicyclic) bond motifs is 2. The molecule has 18 rings (SSSR count). The Balaban J connectivity index is 0.636. The number of anilines is 12. The summed E-state index contributed by atoms with van der Waals surface area (Å²) in [6, 6.07) is 163. The van der Waals surface area contributed by atoms with Gasteiger partial charge in [0.05, 0.1) is 11.4 Å². The number of para-hydroxylation sites is 2. The van der Waals surface area contributed by atoms with Gasteiger partial charge < -0.3 is 19.6 Å². The smallest absolute Gasteiger partial charge is 0.0546 e. The highest BCUT2D eigenvalue weighted by atomic mass is 15.2. The molecule has 510 valence electrons. The van der Waals surface area contributed by atoms with E-state index in [1.54, 1.807) is 0 Å². The number of nitrogens with zero attached hydrogens (tertiary/aromatic N) is 4. The molecular weight excluding hydrogens is 1310 g/mol. The van der Waals surface area contributed by atoms with Crippen LogP contribution in [-0.2, 0) is 0 Å². The van der Waals surface area contributed by atoms with Gasteiger partial charge in [0.25, 0.3) is 0 Å². The summed E-state index contributed by atoms with van der Waals surface area (Å²) in [6.07, 6.45) is 0. The van der Waals surface area contributed by atoms with Gasteiger partial charge in [-0.25, -0.2) is 0 Å². The van der Waals surface area contributed by atoms with E-state index in [1.165, 1.54) is 54.9 Å². The van der Waals surface area contributed by atoms with E-state index in [0.717, 1.165) is 113 Å². The predicted molar refractivity (Wildman–Crippen MR) is 458 cm³/mol. The van der Waals surface area contributed by atoms with Crippen molar-refractivity contribution >= 4 is 89.8 Å². The molecule has 0 aliphatic heterocycles. The Morgan fingerprint density at radius 2 is 0.333 bits per heavy atom. The van der Waals surface area contributed by atoms with Crippen LogP contribution in [0.3, 0.4) is 0 Å². The first-order valence-corrected chi connectivity index (χ1v) is 36.9. The van der Waals surface area contributed by atoms with Crippen molar-refractivity contribution < 1.29 is 0 Å². The minimum absolute atomic E-state index is 1.06. The molecule has 0 N–H and O–H groups in total. The third kappa shape index (κ3) is 13.6. The fourth-order valence-electron chi connectivity index (χ4n) is 15.1. The van der Waals surface area contributed by atoms with E-state index in [4.69, 9.17) is 0 Å². The Morgan fingerprint density at radius 1 is 0.111 bits per heavy atom. The molecule has 0 saturated carbocycles. The van der Waals surface area contributed by atoms with E-state index in [2.05, 4.69) is 469 Å². The molecule has 18 aromatic rings. The lowest BCUT2D eigenvalue weighted by Gasteiger charge is -2.28. The Labute approximate surface area is 632 Å². The molecule has 0 spiro atoms. The van der Waals surface area contributed by atoms with Gasteiger partial charge in [0.1, 0.15) is 0 Å². The SMILES string of the molecule is c1ccc(-c2ccc(N(c3ccc(-c4ccccc4)cc3)c3ccc(-c4ccc(N(c5ccc(-c6ccccc6)cc5)c5ccc(-c6cccc(-c7cc(N(c8ccccc8)c8ccc(-c9ccc(N(c%10ccccc%10)c%10cccc%11ccccc%10%11)cc9)cc8)c8ccccc8c7)c6)cc5)cc4)cc3)cc2)cc1. The molecule has 18 aromatic carbocycles. The van der Waals surface area contributed by atoms with E-state index >= 15 is 0 Å². The van der Waals surface area contributed by atoms with E-state index in [-0.39, 0.29) is 0 Å². The van der Waals surface area contributed by atoms with Crippen LogP contribution in [0, 0.1) is 0 Å². The number of rotatable bonds is 19. The van der Waals surface area contributed by atoms with E-state index in [0.29, 0.717) is 0 Å². The van der Waals surface area contributed by atoms with Crippen molar-refractivity contribution in [3.63, 3.8) is 0 Å². The van der Waals surface area contributed by atoms with Gasteiger partial charge in [-0.1, -0.05) is 303 Å². The molecular formula is C104H74N4. The lowest BCUT2D eigenvalue weighted by molar-refractivity contribution is 1.28. The van der Waals surface area contributed by atoms with Gasteiger partial charge in [0.2, 0.25) is 0 Å². The van der Waals surface area contributed by atoms with Gasteiger partial charge in [-0.15, -0.1) is 0 Å². The van der Waals surface area contributed by atoms with Gasteiger partial charge in [-0.05, 0) is 234 Å². The third-order valence-corrected chi connectivity index (χ3v) is 20.6. The molecule has 0 unspecified atom stereocenters. The van der Waals surface area contributed by atoms with Crippen LogP contribution in [0.5, 0.6) is 0 Å². The van der Waals surface area contributed by atoms with Crippen LogP contribution in [0.2, 0.25) is 0 Å². The fraction of sp³-hybridized carbons (Fsp3) is 0. The second kappa shape index (κ2) is 29.8. The topological polar surface area (TPSA) is 13.0 Å². The normalized spacial score (nSPS) is 11.1. The number of benzene rings is 18. The number of hydrogen-bond acceptors (Lipinski definition) is 4. The van der Waals surface area contributed by atoms with Crippen LogP contribution in [0.4, 0.5) is 68.2 Å². The average molecular weight is 1380 g/mol. The van der Waals surface area contributed by atoms with E-state index < -0.39 is 0 Å². The Kier molecular flexibility index (Phi) is 18.1. The van der Waals surface area contributed by atoms with Crippen molar-refractivity contribution in [1.29, 1.82) is 0 Å². The first-order valence-electron chi connectivity index (χ1n) is 36.9. The maximum atomic E-state index is 2.41. The van der Waals surface area contributed by atoms with E-state index in [9.17, 15) is 0 Å². The highest BCUT2D eigenvalue weighted by molar-refractivity contribution is 6.03. The molecule has 108 heavy (non-hydrogen) atoms. The molecule has 0 bridgehead atoms. The maximum Gasteiger partial charge on any atom is 0.0546 e. The Morgan fingerprint density at radius 3 is 0.685 bits per heavy atom. The highest BCUT2D eigenvalue weighted by Gasteiger charge is 2.22. The van der Waals surface area contributed by atoms with Gasteiger partial charge in [0, 0.05) is 67.6 Å². The molecule has 0 fully saturated rings. The second-order valence-corrected chi connectivity index (χ2v) is 27.3. The van der Waals surface area contributed by atoms with Crippen LogP contribution in [0.1, 0.15) is 0 Å². The lowest BCUT2D eigenvalue weighted by atomic mass is 9.95. The van der Waals surface area contributed by atoms with Crippen molar-refractivity contribution in [2.75, 3.05) is 19.6 Å². The molecule has 0 saturated heterocycles. The summed E-state index contributed by atoms with van der Waals surface area (Å²) in [7, 11) is 0.